The average Bonchev–Trinajstić information content (AvgIpc) is 2.85. The van der Waals surface area contributed by atoms with Gasteiger partial charge in [-0.05, 0) is 63.1 Å². The Labute approximate surface area is 120 Å². The molecular formula is C17H23N3. The van der Waals surface area contributed by atoms with E-state index < -0.39 is 0 Å². The predicted molar refractivity (Wildman–Crippen MR) is 80.6 cm³/mol. The van der Waals surface area contributed by atoms with Gasteiger partial charge in [-0.3, -0.25) is 9.98 Å². The van der Waals surface area contributed by atoms with E-state index in [1.807, 2.05) is 0 Å². The number of fused-ring (bicyclic) bond motifs is 1. The average molecular weight is 269 g/mol. The van der Waals surface area contributed by atoms with Crippen molar-refractivity contribution in [2.24, 2.45) is 9.98 Å². The van der Waals surface area contributed by atoms with Crippen molar-refractivity contribution in [1.29, 1.82) is 0 Å². The molecule has 0 aromatic heterocycles. The van der Waals surface area contributed by atoms with Crippen molar-refractivity contribution in [2.75, 3.05) is 18.0 Å². The second kappa shape index (κ2) is 4.87. The van der Waals surface area contributed by atoms with E-state index in [1.54, 1.807) is 0 Å². The normalized spacial score (nSPS) is 24.1. The quantitative estimate of drug-likeness (QED) is 0.770. The lowest BCUT2D eigenvalue weighted by molar-refractivity contribution is 0.309. The van der Waals surface area contributed by atoms with Gasteiger partial charge in [0.05, 0.1) is 10.7 Å². The largest absolute Gasteiger partial charge is 0.371 e. The molecule has 0 bridgehead atoms. The summed E-state index contributed by atoms with van der Waals surface area (Å²) in [4.78, 5) is 12.5. The minimum atomic E-state index is -0.0961. The van der Waals surface area contributed by atoms with Crippen LogP contribution in [0.4, 0.5) is 5.69 Å². The van der Waals surface area contributed by atoms with Crippen molar-refractivity contribution < 1.29 is 0 Å². The van der Waals surface area contributed by atoms with Gasteiger partial charge in [0.1, 0.15) is 0 Å². The van der Waals surface area contributed by atoms with E-state index in [9.17, 15) is 0 Å². The third-order valence-corrected chi connectivity index (χ3v) is 4.99. The SMILES string of the molecule is c1cc2c(cc1N1CCCCC1)=NC1(CCCCC1)N=2. The molecule has 2 heterocycles. The summed E-state index contributed by atoms with van der Waals surface area (Å²) >= 11 is 0. The molecule has 0 unspecified atom stereocenters. The molecule has 0 N–H and O–H groups in total. The van der Waals surface area contributed by atoms with Crippen LogP contribution < -0.4 is 15.6 Å². The van der Waals surface area contributed by atoms with Gasteiger partial charge in [0.15, 0.2) is 5.66 Å². The van der Waals surface area contributed by atoms with E-state index >= 15 is 0 Å². The Morgan fingerprint density at radius 3 is 2.30 bits per heavy atom. The third-order valence-electron chi connectivity index (χ3n) is 4.99. The van der Waals surface area contributed by atoms with Gasteiger partial charge in [0.2, 0.25) is 0 Å². The molecule has 2 aliphatic heterocycles. The van der Waals surface area contributed by atoms with Crippen molar-refractivity contribution in [3.8, 4) is 0 Å². The number of anilines is 1. The number of piperidine rings is 1. The molecule has 3 nitrogen and oxygen atoms in total. The van der Waals surface area contributed by atoms with Gasteiger partial charge in [-0.1, -0.05) is 6.42 Å². The molecule has 1 aromatic carbocycles. The van der Waals surface area contributed by atoms with Gasteiger partial charge in [-0.15, -0.1) is 0 Å². The summed E-state index contributed by atoms with van der Waals surface area (Å²) in [7, 11) is 0. The summed E-state index contributed by atoms with van der Waals surface area (Å²) in [5, 5.41) is 2.25. The first-order valence-corrected chi connectivity index (χ1v) is 8.20. The van der Waals surface area contributed by atoms with E-state index in [0.29, 0.717) is 0 Å². The van der Waals surface area contributed by atoms with E-state index in [0.717, 1.165) is 23.6 Å². The monoisotopic (exact) mass is 269 g/mol. The Morgan fingerprint density at radius 1 is 0.800 bits per heavy atom. The summed E-state index contributed by atoms with van der Waals surface area (Å²) in [6.07, 6.45) is 10.2. The van der Waals surface area contributed by atoms with Crippen molar-refractivity contribution in [1.82, 2.24) is 0 Å². The summed E-state index contributed by atoms with van der Waals surface area (Å²) in [5.74, 6) is 0. The minimum Gasteiger partial charge on any atom is -0.371 e. The lowest BCUT2D eigenvalue weighted by atomic mass is 9.90. The zero-order valence-corrected chi connectivity index (χ0v) is 12.1. The smallest absolute Gasteiger partial charge is 0.151 e. The van der Waals surface area contributed by atoms with Gasteiger partial charge in [-0.2, -0.15) is 0 Å². The molecule has 3 heteroatoms. The summed E-state index contributed by atoms with van der Waals surface area (Å²) < 4.78 is 0. The van der Waals surface area contributed by atoms with Crippen molar-refractivity contribution in [2.45, 2.75) is 57.0 Å². The Balaban J connectivity index is 1.68. The van der Waals surface area contributed by atoms with Gasteiger partial charge in [-0.25, -0.2) is 0 Å². The summed E-state index contributed by atoms with van der Waals surface area (Å²) in [6.45, 7) is 2.39. The Morgan fingerprint density at radius 2 is 1.50 bits per heavy atom. The highest BCUT2D eigenvalue weighted by Gasteiger charge is 2.32. The Bertz CT molecular complexity index is 608. The highest BCUT2D eigenvalue weighted by Crippen LogP contribution is 2.33. The van der Waals surface area contributed by atoms with Crippen LogP contribution in [0.25, 0.3) is 0 Å². The van der Waals surface area contributed by atoms with Crippen LogP contribution in [0.1, 0.15) is 51.4 Å². The van der Waals surface area contributed by atoms with Crippen LogP contribution in [-0.2, 0) is 0 Å². The molecule has 1 aliphatic carbocycles. The molecule has 1 aromatic rings. The van der Waals surface area contributed by atoms with Crippen molar-refractivity contribution in [3.05, 3.63) is 28.9 Å². The molecule has 0 amide bonds. The highest BCUT2D eigenvalue weighted by molar-refractivity contribution is 5.46. The van der Waals surface area contributed by atoms with Crippen molar-refractivity contribution in [3.63, 3.8) is 0 Å². The zero-order chi connectivity index (χ0) is 13.4. The lowest BCUT2D eigenvalue weighted by Gasteiger charge is -2.28. The number of benzene rings is 1. The standard InChI is InChI=1S/C17H23N3/c1-3-9-17(10-4-1)18-15-8-7-14(13-16(15)19-17)20-11-5-2-6-12-20/h7-8,13H,1-6,9-12H2. The van der Waals surface area contributed by atoms with Gasteiger partial charge < -0.3 is 4.90 Å². The van der Waals surface area contributed by atoms with Crippen LogP contribution in [-0.4, -0.2) is 18.8 Å². The molecule has 1 saturated heterocycles. The fraction of sp³-hybridized carbons (Fsp3) is 0.647. The molecule has 1 saturated carbocycles. The first-order valence-electron chi connectivity index (χ1n) is 8.20. The van der Waals surface area contributed by atoms with Gasteiger partial charge in [0, 0.05) is 18.8 Å². The molecule has 1 spiro atoms. The van der Waals surface area contributed by atoms with Crippen LogP contribution in [0.5, 0.6) is 0 Å². The second-order valence-corrected chi connectivity index (χ2v) is 6.49. The highest BCUT2D eigenvalue weighted by atomic mass is 15.1. The fourth-order valence-corrected chi connectivity index (χ4v) is 3.86. The van der Waals surface area contributed by atoms with Crippen molar-refractivity contribution >= 4 is 5.69 Å². The van der Waals surface area contributed by atoms with Gasteiger partial charge >= 0.3 is 0 Å². The maximum absolute atomic E-state index is 5.00. The molecule has 2 fully saturated rings. The predicted octanol–water partition coefficient (Wildman–Crippen LogP) is 2.59. The molecule has 4 rings (SSSR count). The summed E-state index contributed by atoms with van der Waals surface area (Å²) in [5.41, 5.74) is 1.25. The van der Waals surface area contributed by atoms with E-state index in [2.05, 4.69) is 23.1 Å². The molecule has 20 heavy (non-hydrogen) atoms. The zero-order valence-electron chi connectivity index (χ0n) is 12.1. The molecule has 106 valence electrons. The number of hydrogen-bond donors (Lipinski definition) is 0. The molecule has 0 radical (unpaired) electrons. The van der Waals surface area contributed by atoms with Crippen LogP contribution in [0.15, 0.2) is 28.2 Å². The van der Waals surface area contributed by atoms with Crippen LogP contribution >= 0.6 is 0 Å². The lowest BCUT2D eigenvalue weighted by Crippen LogP contribution is -2.31. The summed E-state index contributed by atoms with van der Waals surface area (Å²) in [6, 6.07) is 6.70. The third kappa shape index (κ3) is 2.13. The Hall–Kier alpha value is -1.38. The second-order valence-electron chi connectivity index (χ2n) is 6.49. The van der Waals surface area contributed by atoms with Crippen LogP contribution in [0, 0.1) is 0 Å². The van der Waals surface area contributed by atoms with Crippen LogP contribution in [0.2, 0.25) is 0 Å². The molecule has 0 atom stereocenters. The van der Waals surface area contributed by atoms with Crippen LogP contribution in [0.3, 0.4) is 0 Å². The van der Waals surface area contributed by atoms with Gasteiger partial charge in [0.25, 0.3) is 0 Å². The Kier molecular flexibility index (Phi) is 3.01. The number of nitrogens with zero attached hydrogens (tertiary/aromatic N) is 3. The minimum absolute atomic E-state index is 0.0961. The fourth-order valence-electron chi connectivity index (χ4n) is 3.86. The first kappa shape index (κ1) is 12.4. The molecule has 3 aliphatic rings. The number of hydrogen-bond acceptors (Lipinski definition) is 3. The van der Waals surface area contributed by atoms with E-state index in [1.165, 1.54) is 57.3 Å². The van der Waals surface area contributed by atoms with E-state index in [4.69, 9.17) is 9.98 Å². The maximum atomic E-state index is 5.00. The first-order chi connectivity index (χ1) is 9.85. The topological polar surface area (TPSA) is 28.0 Å². The molecular weight excluding hydrogens is 246 g/mol. The maximum Gasteiger partial charge on any atom is 0.151 e. The number of rotatable bonds is 1. The van der Waals surface area contributed by atoms with E-state index in [-0.39, 0.29) is 5.66 Å².